The zero-order chi connectivity index (χ0) is 32.3. The highest BCUT2D eigenvalue weighted by Crippen LogP contribution is 2.46. The molecule has 0 aliphatic rings. The van der Waals surface area contributed by atoms with Crippen LogP contribution in [0.15, 0.2) is 180 Å². The van der Waals surface area contributed by atoms with E-state index in [1.807, 2.05) is 23.5 Å². The number of rotatable bonds is 5. The van der Waals surface area contributed by atoms with E-state index in [2.05, 4.69) is 169 Å². The summed E-state index contributed by atoms with van der Waals surface area (Å²) < 4.78 is 8.79. The molecule has 0 atom stereocenters. The first kappa shape index (κ1) is 27.9. The number of hydrogen-bond donors (Lipinski definition) is 0. The van der Waals surface area contributed by atoms with Crippen LogP contribution < -0.4 is 4.90 Å². The molecule has 49 heavy (non-hydrogen) atoms. The van der Waals surface area contributed by atoms with Gasteiger partial charge < -0.3 is 9.32 Å². The van der Waals surface area contributed by atoms with Gasteiger partial charge in [-0.3, -0.25) is 0 Å². The molecule has 2 aromatic heterocycles. The van der Waals surface area contributed by atoms with Gasteiger partial charge in [0, 0.05) is 37.6 Å². The normalized spacial score (nSPS) is 11.7. The van der Waals surface area contributed by atoms with Gasteiger partial charge in [0.25, 0.3) is 0 Å². The summed E-state index contributed by atoms with van der Waals surface area (Å²) in [5, 5.41) is 7.31. The van der Waals surface area contributed by atoms with Crippen LogP contribution in [0.5, 0.6) is 0 Å². The monoisotopic (exact) mass is 643 g/mol. The van der Waals surface area contributed by atoms with Crippen molar-refractivity contribution in [2.45, 2.75) is 0 Å². The summed E-state index contributed by atoms with van der Waals surface area (Å²) in [6.45, 7) is 0. The van der Waals surface area contributed by atoms with Crippen molar-refractivity contribution in [1.29, 1.82) is 0 Å². The summed E-state index contributed by atoms with van der Waals surface area (Å²) in [6.07, 6.45) is 0. The van der Waals surface area contributed by atoms with Gasteiger partial charge in [-0.2, -0.15) is 0 Å². The van der Waals surface area contributed by atoms with E-state index in [1.54, 1.807) is 0 Å². The number of furan rings is 1. The van der Waals surface area contributed by atoms with Crippen LogP contribution in [0.4, 0.5) is 17.1 Å². The highest BCUT2D eigenvalue weighted by Gasteiger charge is 2.20. The first-order valence-electron chi connectivity index (χ1n) is 16.6. The van der Waals surface area contributed by atoms with Crippen LogP contribution in [0.25, 0.3) is 75.1 Å². The number of benzene rings is 8. The average molecular weight is 644 g/mol. The number of nitrogens with zero attached hydrogens (tertiary/aromatic N) is 1. The van der Waals surface area contributed by atoms with Gasteiger partial charge >= 0.3 is 0 Å². The zero-order valence-corrected chi connectivity index (χ0v) is 27.3. The lowest BCUT2D eigenvalue weighted by Crippen LogP contribution is -2.10. The molecule has 3 heteroatoms. The van der Waals surface area contributed by atoms with Gasteiger partial charge in [-0.25, -0.2) is 0 Å². The highest BCUT2D eigenvalue weighted by atomic mass is 32.1. The molecule has 0 N–H and O–H groups in total. The SMILES string of the molecule is c1ccc(-c2cccc3ccc(-c4ccc(N(c5ccc6oc7ccccc7c6c5)c5cccc6c5sc5ccccc56)cc4)cc23)cc1. The van der Waals surface area contributed by atoms with Crippen LogP contribution in [0.2, 0.25) is 0 Å². The largest absolute Gasteiger partial charge is 0.456 e. The lowest BCUT2D eigenvalue weighted by atomic mass is 9.95. The minimum absolute atomic E-state index is 0.895. The molecule has 8 aromatic carbocycles. The van der Waals surface area contributed by atoms with Crippen LogP contribution in [0, 0.1) is 0 Å². The third-order valence-electron chi connectivity index (χ3n) is 9.67. The predicted octanol–water partition coefficient (Wildman–Crippen LogP) is 13.9. The first-order valence-corrected chi connectivity index (χ1v) is 17.4. The summed E-state index contributed by atoms with van der Waals surface area (Å²) in [5.41, 5.74) is 10.0. The topological polar surface area (TPSA) is 16.4 Å². The Labute approximate surface area is 287 Å². The Bertz CT molecular complexity index is 2830. The molecule has 0 bridgehead atoms. The van der Waals surface area contributed by atoms with E-state index in [9.17, 15) is 0 Å². The van der Waals surface area contributed by atoms with Crippen molar-refractivity contribution in [3.63, 3.8) is 0 Å². The van der Waals surface area contributed by atoms with E-state index in [0.29, 0.717) is 0 Å². The van der Waals surface area contributed by atoms with E-state index in [0.717, 1.165) is 39.0 Å². The summed E-state index contributed by atoms with van der Waals surface area (Å²) in [6, 6.07) is 63.3. The van der Waals surface area contributed by atoms with Gasteiger partial charge in [-0.05, 0) is 87.6 Å². The van der Waals surface area contributed by atoms with Gasteiger partial charge in [0.1, 0.15) is 11.2 Å². The smallest absolute Gasteiger partial charge is 0.135 e. The van der Waals surface area contributed by atoms with Gasteiger partial charge in [0.05, 0.1) is 10.4 Å². The van der Waals surface area contributed by atoms with E-state index < -0.39 is 0 Å². The molecule has 2 heterocycles. The Hall–Kier alpha value is -6.16. The Balaban J connectivity index is 1.14. The Morgan fingerprint density at radius 3 is 2.02 bits per heavy atom. The van der Waals surface area contributed by atoms with Gasteiger partial charge in [-0.15, -0.1) is 11.3 Å². The van der Waals surface area contributed by atoms with Crippen LogP contribution in [0.1, 0.15) is 0 Å². The lowest BCUT2D eigenvalue weighted by molar-refractivity contribution is 0.669. The number of thiophene rings is 1. The molecule has 2 nitrogen and oxygen atoms in total. The van der Waals surface area contributed by atoms with E-state index in [-0.39, 0.29) is 0 Å². The van der Waals surface area contributed by atoms with E-state index >= 15 is 0 Å². The van der Waals surface area contributed by atoms with Gasteiger partial charge in [0.2, 0.25) is 0 Å². The maximum absolute atomic E-state index is 6.22. The molecule has 0 aliphatic heterocycles. The van der Waals surface area contributed by atoms with Crippen molar-refractivity contribution >= 4 is 81.3 Å². The van der Waals surface area contributed by atoms with Gasteiger partial charge in [0.15, 0.2) is 0 Å². The average Bonchev–Trinajstić information content (AvgIpc) is 3.74. The molecule has 0 aliphatic carbocycles. The van der Waals surface area contributed by atoms with Crippen molar-refractivity contribution < 1.29 is 4.42 Å². The Morgan fingerprint density at radius 1 is 0.408 bits per heavy atom. The third kappa shape index (κ3) is 4.62. The Morgan fingerprint density at radius 2 is 1.12 bits per heavy atom. The van der Waals surface area contributed by atoms with Crippen molar-refractivity contribution in [2.75, 3.05) is 4.90 Å². The molecule has 0 unspecified atom stereocenters. The van der Waals surface area contributed by atoms with Crippen molar-refractivity contribution in [1.82, 2.24) is 0 Å². The fourth-order valence-corrected chi connectivity index (χ4v) is 8.52. The summed E-state index contributed by atoms with van der Waals surface area (Å²) >= 11 is 1.85. The first-order chi connectivity index (χ1) is 24.3. The Kier molecular flexibility index (Phi) is 6.39. The second kappa shape index (κ2) is 11.2. The molecular weight excluding hydrogens is 615 g/mol. The van der Waals surface area contributed by atoms with Crippen LogP contribution >= 0.6 is 11.3 Å². The van der Waals surface area contributed by atoms with E-state index in [4.69, 9.17) is 4.42 Å². The quantitative estimate of drug-likeness (QED) is 0.186. The minimum Gasteiger partial charge on any atom is -0.456 e. The number of fused-ring (bicyclic) bond motifs is 7. The van der Waals surface area contributed by atoms with E-state index in [1.165, 1.54) is 53.2 Å². The third-order valence-corrected chi connectivity index (χ3v) is 10.9. The molecule has 10 rings (SSSR count). The predicted molar refractivity (Wildman–Crippen MR) is 210 cm³/mol. The van der Waals surface area contributed by atoms with Crippen LogP contribution in [-0.4, -0.2) is 0 Å². The number of para-hydroxylation sites is 1. The van der Waals surface area contributed by atoms with Crippen LogP contribution in [0.3, 0.4) is 0 Å². The molecular formula is C46H29NOS. The number of anilines is 3. The minimum atomic E-state index is 0.895. The summed E-state index contributed by atoms with van der Waals surface area (Å²) in [5.74, 6) is 0. The van der Waals surface area contributed by atoms with Crippen molar-refractivity contribution in [3.8, 4) is 22.3 Å². The maximum Gasteiger partial charge on any atom is 0.135 e. The van der Waals surface area contributed by atoms with Crippen molar-refractivity contribution in [2.24, 2.45) is 0 Å². The standard InChI is InChI=1S/C46H29NOS/c1-2-10-31(11-3-1)36-15-8-12-32-20-21-33(28-40(32)36)30-22-24-34(25-23-30)47(35-26-27-44-41(29-35)37-13-4-6-18-43(37)48-44)42-17-9-16-39-38-14-5-7-19-45(38)49-46(39)42/h1-29H. The summed E-state index contributed by atoms with van der Waals surface area (Å²) in [4.78, 5) is 2.40. The molecule has 0 radical (unpaired) electrons. The molecule has 0 fully saturated rings. The fraction of sp³-hybridized carbons (Fsp3) is 0. The highest BCUT2D eigenvalue weighted by molar-refractivity contribution is 7.26. The number of hydrogen-bond acceptors (Lipinski definition) is 3. The molecule has 0 amide bonds. The molecule has 0 spiro atoms. The fourth-order valence-electron chi connectivity index (χ4n) is 7.31. The second-order valence-electron chi connectivity index (χ2n) is 12.5. The van der Waals surface area contributed by atoms with Gasteiger partial charge in [-0.1, -0.05) is 121 Å². The van der Waals surface area contributed by atoms with Crippen LogP contribution in [-0.2, 0) is 0 Å². The summed E-state index contributed by atoms with van der Waals surface area (Å²) in [7, 11) is 0. The zero-order valence-electron chi connectivity index (χ0n) is 26.5. The molecule has 0 saturated carbocycles. The molecule has 0 saturated heterocycles. The maximum atomic E-state index is 6.22. The lowest BCUT2D eigenvalue weighted by Gasteiger charge is -2.26. The molecule has 10 aromatic rings. The second-order valence-corrected chi connectivity index (χ2v) is 13.6. The van der Waals surface area contributed by atoms with Crippen molar-refractivity contribution in [3.05, 3.63) is 176 Å². The molecule has 230 valence electrons.